The smallest absolute Gasteiger partial charge is 0.0419 e. The van der Waals surface area contributed by atoms with Crippen LogP contribution in [0.4, 0.5) is 0 Å². The molecule has 0 bridgehead atoms. The molecular weight excluding hydrogens is 184 g/mol. The molecule has 2 rings (SSSR count). The normalized spacial score (nSPS) is 18.5. The van der Waals surface area contributed by atoms with E-state index >= 15 is 0 Å². The summed E-state index contributed by atoms with van der Waals surface area (Å²) in [7, 11) is 0. The Hall–Kier alpha value is -0.890. The monoisotopic (exact) mass is 204 g/mol. The molecule has 1 saturated carbocycles. The molecule has 1 aliphatic rings. The maximum Gasteiger partial charge on any atom is 0.0419 e. The van der Waals surface area contributed by atoms with E-state index in [0.29, 0.717) is 6.04 Å². The highest BCUT2D eigenvalue weighted by Crippen LogP contribution is 2.30. The Morgan fingerprint density at radius 3 is 2.80 bits per heavy atom. The standard InChI is InChI=1S/C13H20N2/c1-10-5-6-13(15-9-10)8-12(14)7-11-3-2-4-11/h5-6,9,11-12H,2-4,7-8,14H2,1H3. The van der Waals surface area contributed by atoms with Gasteiger partial charge in [0, 0.05) is 24.4 Å². The Balaban J connectivity index is 1.82. The summed E-state index contributed by atoms with van der Waals surface area (Å²) >= 11 is 0. The molecule has 0 amide bonds. The molecule has 0 aromatic carbocycles. The Morgan fingerprint density at radius 2 is 2.27 bits per heavy atom. The number of nitrogens with two attached hydrogens (primary N) is 1. The zero-order valence-electron chi connectivity index (χ0n) is 9.45. The lowest BCUT2D eigenvalue weighted by atomic mass is 9.80. The van der Waals surface area contributed by atoms with Gasteiger partial charge in [0.25, 0.3) is 0 Å². The largest absolute Gasteiger partial charge is 0.327 e. The molecule has 1 aliphatic carbocycles. The quantitative estimate of drug-likeness (QED) is 0.818. The molecule has 15 heavy (non-hydrogen) atoms. The molecule has 0 aliphatic heterocycles. The molecule has 2 N–H and O–H groups in total. The number of hydrogen-bond acceptors (Lipinski definition) is 2. The Labute approximate surface area is 91.9 Å². The third-order valence-electron chi connectivity index (χ3n) is 3.30. The van der Waals surface area contributed by atoms with Crippen LogP contribution in [0, 0.1) is 12.8 Å². The first kappa shape index (κ1) is 10.6. The maximum absolute atomic E-state index is 6.11. The zero-order valence-corrected chi connectivity index (χ0v) is 9.45. The molecule has 1 aromatic heterocycles. The van der Waals surface area contributed by atoms with Crippen LogP contribution in [0.3, 0.4) is 0 Å². The minimum Gasteiger partial charge on any atom is -0.327 e. The number of pyridine rings is 1. The number of aryl methyl sites for hydroxylation is 1. The van der Waals surface area contributed by atoms with E-state index in [1.54, 1.807) is 0 Å². The lowest BCUT2D eigenvalue weighted by molar-refractivity contribution is 0.275. The third kappa shape index (κ3) is 3.03. The fraction of sp³-hybridized carbons (Fsp3) is 0.615. The van der Waals surface area contributed by atoms with Crippen molar-refractivity contribution in [1.29, 1.82) is 0 Å². The molecule has 2 nitrogen and oxygen atoms in total. The molecule has 0 spiro atoms. The van der Waals surface area contributed by atoms with E-state index in [1.807, 2.05) is 6.20 Å². The highest BCUT2D eigenvalue weighted by atomic mass is 14.7. The van der Waals surface area contributed by atoms with Crippen molar-refractivity contribution in [3.05, 3.63) is 29.6 Å². The number of aromatic nitrogens is 1. The van der Waals surface area contributed by atoms with Crippen LogP contribution in [0.15, 0.2) is 18.3 Å². The minimum atomic E-state index is 0.297. The van der Waals surface area contributed by atoms with E-state index in [-0.39, 0.29) is 0 Å². The van der Waals surface area contributed by atoms with Gasteiger partial charge in [0.05, 0.1) is 0 Å². The Morgan fingerprint density at radius 1 is 1.47 bits per heavy atom. The predicted molar refractivity (Wildman–Crippen MR) is 62.6 cm³/mol. The average Bonchev–Trinajstić information content (AvgIpc) is 2.16. The second-order valence-electron chi connectivity index (χ2n) is 4.82. The molecule has 82 valence electrons. The molecule has 1 atom stereocenters. The van der Waals surface area contributed by atoms with Gasteiger partial charge in [-0.3, -0.25) is 4.98 Å². The van der Waals surface area contributed by atoms with Crippen molar-refractivity contribution in [3.63, 3.8) is 0 Å². The minimum absolute atomic E-state index is 0.297. The summed E-state index contributed by atoms with van der Waals surface area (Å²) in [4.78, 5) is 4.39. The van der Waals surface area contributed by atoms with Crippen molar-refractivity contribution < 1.29 is 0 Å². The van der Waals surface area contributed by atoms with Gasteiger partial charge >= 0.3 is 0 Å². The van der Waals surface area contributed by atoms with Gasteiger partial charge in [-0.05, 0) is 30.9 Å². The lowest BCUT2D eigenvalue weighted by Gasteiger charge is -2.27. The number of hydrogen-bond donors (Lipinski definition) is 1. The fourth-order valence-corrected chi connectivity index (χ4v) is 2.13. The van der Waals surface area contributed by atoms with Crippen LogP contribution in [0.25, 0.3) is 0 Å². The molecule has 1 aromatic rings. The van der Waals surface area contributed by atoms with Gasteiger partial charge in [0.1, 0.15) is 0 Å². The summed E-state index contributed by atoms with van der Waals surface area (Å²) in [5, 5.41) is 0. The van der Waals surface area contributed by atoms with Crippen molar-refractivity contribution in [3.8, 4) is 0 Å². The molecule has 1 unspecified atom stereocenters. The summed E-state index contributed by atoms with van der Waals surface area (Å²) in [6.45, 7) is 2.06. The van der Waals surface area contributed by atoms with Crippen LogP contribution in [-0.4, -0.2) is 11.0 Å². The third-order valence-corrected chi connectivity index (χ3v) is 3.30. The predicted octanol–water partition coefficient (Wildman–Crippen LogP) is 2.45. The van der Waals surface area contributed by atoms with Gasteiger partial charge in [-0.1, -0.05) is 25.3 Å². The first-order valence-corrected chi connectivity index (χ1v) is 5.91. The van der Waals surface area contributed by atoms with Crippen molar-refractivity contribution >= 4 is 0 Å². The van der Waals surface area contributed by atoms with Gasteiger partial charge in [0.15, 0.2) is 0 Å². The van der Waals surface area contributed by atoms with Gasteiger partial charge in [-0.25, -0.2) is 0 Å². The van der Waals surface area contributed by atoms with E-state index in [1.165, 1.54) is 31.2 Å². The van der Waals surface area contributed by atoms with Crippen LogP contribution in [0.5, 0.6) is 0 Å². The summed E-state index contributed by atoms with van der Waals surface area (Å²) in [6, 6.07) is 4.50. The summed E-state index contributed by atoms with van der Waals surface area (Å²) in [5.41, 5.74) is 8.46. The Bertz CT molecular complexity index is 301. The second kappa shape index (κ2) is 4.75. The maximum atomic E-state index is 6.11. The fourth-order valence-electron chi connectivity index (χ4n) is 2.13. The molecule has 0 saturated heterocycles. The molecule has 2 heteroatoms. The number of rotatable bonds is 4. The van der Waals surface area contributed by atoms with E-state index in [9.17, 15) is 0 Å². The van der Waals surface area contributed by atoms with Gasteiger partial charge < -0.3 is 5.73 Å². The first-order chi connectivity index (χ1) is 7.24. The molecular formula is C13H20N2. The molecule has 1 fully saturated rings. The van der Waals surface area contributed by atoms with Crippen LogP contribution in [0.1, 0.15) is 36.9 Å². The topological polar surface area (TPSA) is 38.9 Å². The second-order valence-corrected chi connectivity index (χ2v) is 4.82. The van der Waals surface area contributed by atoms with Crippen LogP contribution < -0.4 is 5.73 Å². The van der Waals surface area contributed by atoms with Gasteiger partial charge in [0.2, 0.25) is 0 Å². The van der Waals surface area contributed by atoms with Crippen LogP contribution in [-0.2, 0) is 6.42 Å². The highest BCUT2D eigenvalue weighted by molar-refractivity contribution is 5.13. The molecule has 0 radical (unpaired) electrons. The lowest BCUT2D eigenvalue weighted by Crippen LogP contribution is -2.28. The highest BCUT2D eigenvalue weighted by Gasteiger charge is 2.20. The van der Waals surface area contributed by atoms with E-state index in [4.69, 9.17) is 5.73 Å². The van der Waals surface area contributed by atoms with Crippen molar-refractivity contribution in [2.75, 3.05) is 0 Å². The van der Waals surface area contributed by atoms with Crippen LogP contribution >= 0.6 is 0 Å². The van der Waals surface area contributed by atoms with Crippen molar-refractivity contribution in [2.45, 2.75) is 45.1 Å². The van der Waals surface area contributed by atoms with Crippen molar-refractivity contribution in [2.24, 2.45) is 11.7 Å². The summed E-state index contributed by atoms with van der Waals surface area (Å²) in [6.07, 6.45) is 8.20. The summed E-state index contributed by atoms with van der Waals surface area (Å²) < 4.78 is 0. The first-order valence-electron chi connectivity index (χ1n) is 5.91. The van der Waals surface area contributed by atoms with Gasteiger partial charge in [-0.2, -0.15) is 0 Å². The Kier molecular flexibility index (Phi) is 3.37. The van der Waals surface area contributed by atoms with E-state index in [2.05, 4.69) is 24.0 Å². The van der Waals surface area contributed by atoms with E-state index < -0.39 is 0 Å². The van der Waals surface area contributed by atoms with Crippen LogP contribution in [0.2, 0.25) is 0 Å². The number of nitrogens with zero attached hydrogens (tertiary/aromatic N) is 1. The SMILES string of the molecule is Cc1ccc(CC(N)CC2CCC2)nc1. The van der Waals surface area contributed by atoms with Crippen molar-refractivity contribution in [1.82, 2.24) is 4.98 Å². The zero-order chi connectivity index (χ0) is 10.7. The van der Waals surface area contributed by atoms with Gasteiger partial charge in [-0.15, -0.1) is 0 Å². The molecule has 1 heterocycles. The average molecular weight is 204 g/mol. The summed E-state index contributed by atoms with van der Waals surface area (Å²) in [5.74, 6) is 0.894. The van der Waals surface area contributed by atoms with E-state index in [0.717, 1.165) is 18.0 Å².